The van der Waals surface area contributed by atoms with Gasteiger partial charge in [-0.15, -0.1) is 24.8 Å². The summed E-state index contributed by atoms with van der Waals surface area (Å²) in [4.78, 5) is 15.7. The SMILES string of the molecule is CCN(C1CCNCC1)C1CCN(c2ccc(OCC(=O)O)cc2)CC1.Cl.Cl. The summed E-state index contributed by atoms with van der Waals surface area (Å²) in [7, 11) is 0. The minimum absolute atomic E-state index is 0. The van der Waals surface area contributed by atoms with E-state index in [1.165, 1.54) is 31.4 Å². The Balaban J connectivity index is 0.00000196. The number of carboxylic acid groups (broad SMARTS) is 1. The van der Waals surface area contributed by atoms with Crippen LogP contribution in [-0.4, -0.2) is 67.4 Å². The summed E-state index contributed by atoms with van der Waals surface area (Å²) in [6.07, 6.45) is 4.95. The molecule has 1 aromatic rings. The first kappa shape index (κ1) is 24.8. The van der Waals surface area contributed by atoms with Crippen LogP contribution >= 0.6 is 24.8 Å². The van der Waals surface area contributed by atoms with Crippen LogP contribution in [0, 0.1) is 0 Å². The fourth-order valence-corrected chi connectivity index (χ4v) is 4.31. The first-order valence-corrected chi connectivity index (χ1v) is 9.83. The van der Waals surface area contributed by atoms with Gasteiger partial charge in [-0.05, 0) is 69.6 Å². The molecule has 2 saturated heterocycles. The molecule has 0 bridgehead atoms. The van der Waals surface area contributed by atoms with E-state index < -0.39 is 5.97 Å². The minimum Gasteiger partial charge on any atom is -0.482 e. The maximum atomic E-state index is 10.6. The van der Waals surface area contributed by atoms with Crippen molar-refractivity contribution in [1.82, 2.24) is 10.2 Å². The largest absolute Gasteiger partial charge is 0.482 e. The van der Waals surface area contributed by atoms with Crippen molar-refractivity contribution in [2.75, 3.05) is 44.2 Å². The number of benzene rings is 1. The van der Waals surface area contributed by atoms with Crippen LogP contribution < -0.4 is 15.0 Å². The quantitative estimate of drug-likeness (QED) is 0.688. The van der Waals surface area contributed by atoms with Crippen LogP contribution in [0.4, 0.5) is 5.69 Å². The predicted octanol–water partition coefficient (Wildman–Crippen LogP) is 3.04. The van der Waals surface area contributed by atoms with Crippen LogP contribution in [0.1, 0.15) is 32.6 Å². The second-order valence-corrected chi connectivity index (χ2v) is 7.21. The lowest BCUT2D eigenvalue weighted by Gasteiger charge is -2.44. The second-order valence-electron chi connectivity index (χ2n) is 7.21. The molecule has 1 aromatic carbocycles. The Morgan fingerprint density at radius 2 is 1.68 bits per heavy atom. The van der Waals surface area contributed by atoms with Gasteiger partial charge in [0.2, 0.25) is 0 Å². The summed E-state index contributed by atoms with van der Waals surface area (Å²) in [5.74, 6) is -0.348. The number of piperidine rings is 2. The van der Waals surface area contributed by atoms with Crippen molar-refractivity contribution >= 4 is 36.5 Å². The van der Waals surface area contributed by atoms with E-state index in [1.807, 2.05) is 24.3 Å². The van der Waals surface area contributed by atoms with Gasteiger partial charge in [-0.1, -0.05) is 6.92 Å². The molecular formula is C20H33Cl2N3O3. The Labute approximate surface area is 180 Å². The molecule has 2 heterocycles. The van der Waals surface area contributed by atoms with Crippen molar-refractivity contribution in [2.45, 2.75) is 44.7 Å². The van der Waals surface area contributed by atoms with E-state index in [2.05, 4.69) is 22.0 Å². The molecule has 0 aromatic heterocycles. The normalized spacial score (nSPS) is 18.3. The summed E-state index contributed by atoms with van der Waals surface area (Å²) in [6.45, 7) is 7.58. The zero-order chi connectivity index (χ0) is 18.4. The fraction of sp³-hybridized carbons (Fsp3) is 0.650. The number of hydrogen-bond acceptors (Lipinski definition) is 5. The van der Waals surface area contributed by atoms with Crippen molar-refractivity contribution in [1.29, 1.82) is 0 Å². The number of nitrogens with zero attached hydrogens (tertiary/aromatic N) is 2. The maximum Gasteiger partial charge on any atom is 0.341 e. The molecule has 3 rings (SSSR count). The van der Waals surface area contributed by atoms with E-state index in [1.54, 1.807) is 0 Å². The summed E-state index contributed by atoms with van der Waals surface area (Å²) >= 11 is 0. The van der Waals surface area contributed by atoms with Gasteiger partial charge >= 0.3 is 5.97 Å². The topological polar surface area (TPSA) is 65.0 Å². The molecule has 0 radical (unpaired) electrons. The number of hydrogen-bond donors (Lipinski definition) is 2. The van der Waals surface area contributed by atoms with Gasteiger partial charge in [-0.25, -0.2) is 4.79 Å². The number of rotatable bonds is 7. The van der Waals surface area contributed by atoms with Gasteiger partial charge in [-0.3, -0.25) is 4.90 Å². The molecule has 2 aliphatic rings. The molecule has 0 aliphatic carbocycles. The third-order valence-corrected chi connectivity index (χ3v) is 5.64. The van der Waals surface area contributed by atoms with Crippen molar-refractivity contribution < 1.29 is 14.6 Å². The minimum atomic E-state index is -0.953. The summed E-state index contributed by atoms with van der Waals surface area (Å²) in [5.41, 5.74) is 1.19. The van der Waals surface area contributed by atoms with E-state index in [-0.39, 0.29) is 31.4 Å². The molecule has 0 unspecified atom stereocenters. The van der Waals surface area contributed by atoms with Crippen LogP contribution in [-0.2, 0) is 4.79 Å². The van der Waals surface area contributed by atoms with Gasteiger partial charge in [0.1, 0.15) is 5.75 Å². The summed E-state index contributed by atoms with van der Waals surface area (Å²) in [5, 5.41) is 12.1. The zero-order valence-electron chi connectivity index (χ0n) is 16.5. The molecule has 2 aliphatic heterocycles. The average molecular weight is 434 g/mol. The molecule has 0 saturated carbocycles. The maximum absolute atomic E-state index is 10.6. The number of carbonyl (C=O) groups is 1. The number of aliphatic carboxylic acids is 1. The Kier molecular flexibility index (Phi) is 11.0. The van der Waals surface area contributed by atoms with E-state index in [0.29, 0.717) is 11.8 Å². The summed E-state index contributed by atoms with van der Waals surface area (Å²) < 4.78 is 5.21. The van der Waals surface area contributed by atoms with Crippen molar-refractivity contribution in [3.63, 3.8) is 0 Å². The Morgan fingerprint density at radius 1 is 1.11 bits per heavy atom. The highest BCUT2D eigenvalue weighted by atomic mass is 35.5. The first-order chi connectivity index (χ1) is 12.7. The van der Waals surface area contributed by atoms with Crippen LogP contribution in [0.5, 0.6) is 5.75 Å². The highest BCUT2D eigenvalue weighted by Crippen LogP contribution is 2.27. The number of ether oxygens (including phenoxy) is 1. The highest BCUT2D eigenvalue weighted by molar-refractivity contribution is 5.85. The third kappa shape index (κ3) is 6.69. The van der Waals surface area contributed by atoms with Crippen LogP contribution in [0.25, 0.3) is 0 Å². The Bertz CT molecular complexity index is 575. The van der Waals surface area contributed by atoms with Gasteiger partial charge in [-0.2, -0.15) is 0 Å². The van der Waals surface area contributed by atoms with Crippen LogP contribution in [0.3, 0.4) is 0 Å². The lowest BCUT2D eigenvalue weighted by molar-refractivity contribution is -0.139. The van der Waals surface area contributed by atoms with Crippen molar-refractivity contribution in [3.8, 4) is 5.75 Å². The fourth-order valence-electron chi connectivity index (χ4n) is 4.31. The molecule has 6 nitrogen and oxygen atoms in total. The molecule has 2 fully saturated rings. The monoisotopic (exact) mass is 433 g/mol. The van der Waals surface area contributed by atoms with Crippen molar-refractivity contribution in [3.05, 3.63) is 24.3 Å². The van der Waals surface area contributed by atoms with Crippen molar-refractivity contribution in [2.24, 2.45) is 0 Å². The van der Waals surface area contributed by atoms with Gasteiger partial charge < -0.3 is 20.1 Å². The standard InChI is InChI=1S/C20H31N3O3.2ClH/c1-2-23(17-7-11-21-12-8-17)18-9-13-22(14-10-18)16-3-5-19(6-4-16)26-15-20(24)25;;/h3-6,17-18,21H,2,7-15H2,1H3,(H,24,25);2*1H. The average Bonchev–Trinajstić information content (AvgIpc) is 2.69. The lowest BCUT2D eigenvalue weighted by Crippen LogP contribution is -2.51. The molecule has 160 valence electrons. The number of carboxylic acids is 1. The van der Waals surface area contributed by atoms with Gasteiger partial charge in [0.05, 0.1) is 0 Å². The third-order valence-electron chi connectivity index (χ3n) is 5.64. The molecule has 2 N–H and O–H groups in total. The first-order valence-electron chi connectivity index (χ1n) is 9.83. The predicted molar refractivity (Wildman–Crippen MR) is 118 cm³/mol. The van der Waals surface area contributed by atoms with E-state index in [4.69, 9.17) is 9.84 Å². The Hall–Kier alpha value is -1.21. The molecule has 28 heavy (non-hydrogen) atoms. The summed E-state index contributed by atoms with van der Waals surface area (Å²) in [6, 6.07) is 9.21. The lowest BCUT2D eigenvalue weighted by atomic mass is 9.97. The number of nitrogens with one attached hydrogen (secondary N) is 1. The van der Waals surface area contributed by atoms with E-state index in [0.717, 1.165) is 38.8 Å². The second kappa shape index (κ2) is 12.4. The van der Waals surface area contributed by atoms with Crippen LogP contribution in [0.2, 0.25) is 0 Å². The molecule has 8 heteroatoms. The molecule has 0 amide bonds. The molecular weight excluding hydrogens is 401 g/mol. The van der Waals surface area contributed by atoms with Crippen LogP contribution in [0.15, 0.2) is 24.3 Å². The molecule has 0 atom stereocenters. The van der Waals surface area contributed by atoms with E-state index in [9.17, 15) is 4.79 Å². The molecule has 0 spiro atoms. The number of halogens is 2. The smallest absolute Gasteiger partial charge is 0.341 e. The number of anilines is 1. The van der Waals surface area contributed by atoms with Gasteiger partial charge in [0.25, 0.3) is 0 Å². The Morgan fingerprint density at radius 3 is 2.21 bits per heavy atom. The highest BCUT2D eigenvalue weighted by Gasteiger charge is 2.29. The van der Waals surface area contributed by atoms with Gasteiger partial charge in [0, 0.05) is 30.9 Å². The zero-order valence-corrected chi connectivity index (χ0v) is 18.1. The van der Waals surface area contributed by atoms with E-state index >= 15 is 0 Å². The van der Waals surface area contributed by atoms with Gasteiger partial charge in [0.15, 0.2) is 6.61 Å².